The second-order valence-corrected chi connectivity index (χ2v) is 8.27. The summed E-state index contributed by atoms with van der Waals surface area (Å²) >= 11 is 0. The van der Waals surface area contributed by atoms with E-state index in [2.05, 4.69) is 13.2 Å². The molecule has 3 aromatic carbocycles. The van der Waals surface area contributed by atoms with Gasteiger partial charge in [0.05, 0.1) is 19.8 Å². The molecule has 4 nitrogen and oxygen atoms in total. The summed E-state index contributed by atoms with van der Waals surface area (Å²) in [6, 6.07) is 29.6. The van der Waals surface area contributed by atoms with Crippen molar-refractivity contribution in [3.63, 3.8) is 0 Å². The topological polar surface area (TPSA) is 44.8 Å². The van der Waals surface area contributed by atoms with Gasteiger partial charge in [-0.05, 0) is 23.1 Å². The van der Waals surface area contributed by atoms with Gasteiger partial charge in [-0.3, -0.25) is 4.79 Å². The maximum Gasteiger partial charge on any atom is 0.164 e. The number of Topliss-reactive ketones (excluding diaryl/α,β-unsaturated/α-hetero) is 1. The summed E-state index contributed by atoms with van der Waals surface area (Å²) in [7, 11) is 0. The van der Waals surface area contributed by atoms with Crippen LogP contribution in [0.25, 0.3) is 0 Å². The number of carbonyl (C=O) groups excluding carboxylic acids is 1. The monoisotopic (exact) mass is 470 g/mol. The van der Waals surface area contributed by atoms with Crippen LogP contribution in [0, 0.1) is 0 Å². The molecule has 0 bridgehead atoms. The highest BCUT2D eigenvalue weighted by atomic mass is 16.6. The van der Waals surface area contributed by atoms with Crippen molar-refractivity contribution in [2.45, 2.75) is 51.0 Å². The summed E-state index contributed by atoms with van der Waals surface area (Å²) < 4.78 is 18.8. The Hall–Kier alpha value is -3.31. The molecule has 0 aliphatic heterocycles. The molecule has 3 atom stereocenters. The van der Waals surface area contributed by atoms with Crippen molar-refractivity contribution in [2.24, 2.45) is 0 Å². The van der Waals surface area contributed by atoms with E-state index in [0.717, 1.165) is 16.7 Å². The highest BCUT2D eigenvalue weighted by Crippen LogP contribution is 2.21. The van der Waals surface area contributed by atoms with Crippen molar-refractivity contribution in [2.75, 3.05) is 0 Å². The van der Waals surface area contributed by atoms with Crippen LogP contribution < -0.4 is 0 Å². The van der Waals surface area contributed by atoms with Crippen molar-refractivity contribution in [1.82, 2.24) is 0 Å². The van der Waals surface area contributed by atoms with Crippen molar-refractivity contribution >= 4 is 5.78 Å². The van der Waals surface area contributed by atoms with Crippen LogP contribution >= 0.6 is 0 Å². The SMILES string of the molecule is C=CCCC(=O)[C@H](OCc1ccccc1)[C@@H](OCc1ccccc1)[C@@H](C=C)OCc1ccccc1. The lowest BCUT2D eigenvalue weighted by molar-refractivity contribution is -0.160. The first-order chi connectivity index (χ1) is 17.2. The standard InChI is InChI=1S/C31H34O4/c1-3-5-21-28(32)30(34-23-26-17-11-7-12-18-26)31(35-24-27-19-13-8-14-20-27)29(4-2)33-22-25-15-9-6-10-16-25/h3-4,6-20,29-31H,1-2,5,21-24H2/t29-,30+,31+/m1/s1. The van der Waals surface area contributed by atoms with Crippen molar-refractivity contribution in [3.8, 4) is 0 Å². The second kappa shape index (κ2) is 14.8. The second-order valence-electron chi connectivity index (χ2n) is 8.27. The molecule has 35 heavy (non-hydrogen) atoms. The molecular formula is C31H34O4. The number of ether oxygens (including phenoxy) is 3. The van der Waals surface area contributed by atoms with Crippen LogP contribution in [0.3, 0.4) is 0 Å². The Morgan fingerprint density at radius 2 is 1.14 bits per heavy atom. The smallest absolute Gasteiger partial charge is 0.164 e. The van der Waals surface area contributed by atoms with E-state index in [1.165, 1.54) is 0 Å². The van der Waals surface area contributed by atoms with Crippen molar-refractivity contribution in [1.29, 1.82) is 0 Å². The molecule has 0 unspecified atom stereocenters. The fraction of sp³-hybridized carbons (Fsp3) is 0.258. The Bertz CT molecular complexity index is 1020. The van der Waals surface area contributed by atoms with Gasteiger partial charge in [-0.2, -0.15) is 0 Å². The van der Waals surface area contributed by atoms with E-state index in [1.807, 2.05) is 91.0 Å². The maximum atomic E-state index is 13.3. The predicted octanol–water partition coefficient (Wildman–Crippen LogP) is 6.46. The van der Waals surface area contributed by atoms with E-state index < -0.39 is 18.3 Å². The number of carbonyl (C=O) groups is 1. The number of hydrogen-bond acceptors (Lipinski definition) is 4. The van der Waals surface area contributed by atoms with Crippen LogP contribution in [0.4, 0.5) is 0 Å². The number of rotatable bonds is 16. The Morgan fingerprint density at radius 3 is 1.60 bits per heavy atom. The van der Waals surface area contributed by atoms with Gasteiger partial charge in [-0.25, -0.2) is 0 Å². The molecular weight excluding hydrogens is 436 g/mol. The Balaban J connectivity index is 1.83. The molecule has 0 aliphatic rings. The highest BCUT2D eigenvalue weighted by molar-refractivity contribution is 5.84. The Labute approximate surface area is 208 Å². The van der Waals surface area contributed by atoms with E-state index in [1.54, 1.807) is 12.2 Å². The molecule has 0 saturated carbocycles. The summed E-state index contributed by atoms with van der Waals surface area (Å²) in [5.74, 6) is -0.0472. The first kappa shape index (κ1) is 26.3. The molecule has 3 rings (SSSR count). The number of allylic oxidation sites excluding steroid dienone is 1. The summed E-state index contributed by atoms with van der Waals surface area (Å²) in [6.45, 7) is 8.72. The summed E-state index contributed by atoms with van der Waals surface area (Å²) in [5, 5.41) is 0. The number of benzene rings is 3. The van der Waals surface area contributed by atoms with E-state index in [0.29, 0.717) is 32.7 Å². The number of ketones is 1. The largest absolute Gasteiger partial charge is 0.367 e. The van der Waals surface area contributed by atoms with Crippen LogP contribution in [-0.4, -0.2) is 24.1 Å². The summed E-state index contributed by atoms with van der Waals surface area (Å²) in [4.78, 5) is 13.3. The van der Waals surface area contributed by atoms with Gasteiger partial charge < -0.3 is 14.2 Å². The molecule has 0 amide bonds. The Kier molecular flexibility index (Phi) is 11.2. The zero-order valence-corrected chi connectivity index (χ0v) is 20.1. The van der Waals surface area contributed by atoms with Crippen LogP contribution in [-0.2, 0) is 38.8 Å². The molecule has 0 heterocycles. The van der Waals surface area contributed by atoms with Crippen LogP contribution in [0.1, 0.15) is 29.5 Å². The normalized spacial score (nSPS) is 13.5. The fourth-order valence-corrected chi connectivity index (χ4v) is 3.70. The molecule has 0 aliphatic carbocycles. The van der Waals surface area contributed by atoms with Crippen molar-refractivity contribution in [3.05, 3.63) is 133 Å². The third kappa shape index (κ3) is 8.76. The molecule has 0 aromatic heterocycles. The molecule has 0 saturated heterocycles. The molecule has 0 radical (unpaired) electrons. The average Bonchev–Trinajstić information content (AvgIpc) is 2.92. The molecule has 3 aromatic rings. The zero-order valence-electron chi connectivity index (χ0n) is 20.1. The lowest BCUT2D eigenvalue weighted by Crippen LogP contribution is -2.46. The lowest BCUT2D eigenvalue weighted by atomic mass is 10.00. The van der Waals surface area contributed by atoms with E-state index in [4.69, 9.17) is 14.2 Å². The van der Waals surface area contributed by atoms with Gasteiger partial charge in [0, 0.05) is 6.42 Å². The molecule has 0 fully saturated rings. The molecule has 182 valence electrons. The average molecular weight is 471 g/mol. The first-order valence-corrected chi connectivity index (χ1v) is 11.9. The van der Waals surface area contributed by atoms with Gasteiger partial charge in [0.25, 0.3) is 0 Å². The van der Waals surface area contributed by atoms with Gasteiger partial charge in [-0.1, -0.05) is 103 Å². The quantitative estimate of drug-likeness (QED) is 0.225. The molecule has 4 heteroatoms. The minimum Gasteiger partial charge on any atom is -0.367 e. The summed E-state index contributed by atoms with van der Waals surface area (Å²) in [6.07, 6.45) is 2.28. The third-order valence-corrected chi connectivity index (χ3v) is 5.61. The van der Waals surface area contributed by atoms with Crippen LogP contribution in [0.15, 0.2) is 116 Å². The van der Waals surface area contributed by atoms with Gasteiger partial charge in [0.1, 0.15) is 18.3 Å². The van der Waals surface area contributed by atoms with Gasteiger partial charge in [-0.15, -0.1) is 13.2 Å². The third-order valence-electron chi connectivity index (χ3n) is 5.61. The maximum absolute atomic E-state index is 13.3. The van der Waals surface area contributed by atoms with Gasteiger partial charge in [0.2, 0.25) is 0 Å². The van der Waals surface area contributed by atoms with Crippen LogP contribution in [0.5, 0.6) is 0 Å². The lowest BCUT2D eigenvalue weighted by Gasteiger charge is -2.31. The first-order valence-electron chi connectivity index (χ1n) is 11.9. The van der Waals surface area contributed by atoms with E-state index >= 15 is 0 Å². The predicted molar refractivity (Wildman–Crippen MR) is 140 cm³/mol. The molecule has 0 spiro atoms. The van der Waals surface area contributed by atoms with Gasteiger partial charge in [0.15, 0.2) is 5.78 Å². The minimum absolute atomic E-state index is 0.0472. The van der Waals surface area contributed by atoms with E-state index in [9.17, 15) is 4.79 Å². The summed E-state index contributed by atoms with van der Waals surface area (Å²) in [5.41, 5.74) is 3.01. The van der Waals surface area contributed by atoms with Gasteiger partial charge >= 0.3 is 0 Å². The molecule has 0 N–H and O–H groups in total. The highest BCUT2D eigenvalue weighted by Gasteiger charge is 2.35. The van der Waals surface area contributed by atoms with E-state index in [-0.39, 0.29) is 5.78 Å². The van der Waals surface area contributed by atoms with Crippen molar-refractivity contribution < 1.29 is 19.0 Å². The zero-order chi connectivity index (χ0) is 24.7. The Morgan fingerprint density at radius 1 is 0.686 bits per heavy atom. The fourth-order valence-electron chi connectivity index (χ4n) is 3.70. The van der Waals surface area contributed by atoms with Crippen LogP contribution in [0.2, 0.25) is 0 Å². The number of hydrogen-bond donors (Lipinski definition) is 0. The minimum atomic E-state index is -0.822.